The third kappa shape index (κ3) is 4.08. The predicted octanol–water partition coefficient (Wildman–Crippen LogP) is 3.42. The van der Waals surface area contributed by atoms with E-state index in [0.29, 0.717) is 13.3 Å². The maximum Gasteiger partial charge on any atom is 0.231 e. The van der Waals surface area contributed by atoms with Crippen LogP contribution in [-0.2, 0) is 13.1 Å². The average molecular weight is 327 g/mol. The van der Waals surface area contributed by atoms with Crippen LogP contribution in [0.25, 0.3) is 0 Å². The smallest absolute Gasteiger partial charge is 0.231 e. The molecule has 0 bridgehead atoms. The lowest BCUT2D eigenvalue weighted by atomic mass is 10.0. The number of aliphatic hydroxyl groups is 1. The van der Waals surface area contributed by atoms with Crippen LogP contribution in [0.2, 0.25) is 0 Å². The zero-order valence-corrected chi connectivity index (χ0v) is 14.6. The van der Waals surface area contributed by atoms with Crippen molar-refractivity contribution in [2.24, 2.45) is 0 Å². The zero-order valence-electron chi connectivity index (χ0n) is 14.6. The van der Waals surface area contributed by atoms with Crippen LogP contribution >= 0.6 is 0 Å². The Morgan fingerprint density at radius 2 is 1.83 bits per heavy atom. The first-order chi connectivity index (χ1) is 11.5. The molecule has 2 aromatic rings. The molecule has 2 aromatic carbocycles. The highest BCUT2D eigenvalue weighted by Crippen LogP contribution is 2.33. The Labute approximate surface area is 143 Å². The fourth-order valence-electron chi connectivity index (χ4n) is 3.07. The lowest BCUT2D eigenvalue weighted by molar-refractivity contribution is 0.118. The Kier molecular flexibility index (Phi) is 5.07. The summed E-state index contributed by atoms with van der Waals surface area (Å²) in [7, 11) is 0. The van der Waals surface area contributed by atoms with Crippen molar-refractivity contribution < 1.29 is 14.6 Å². The Morgan fingerprint density at radius 1 is 1.04 bits per heavy atom. The first kappa shape index (κ1) is 16.8. The van der Waals surface area contributed by atoms with E-state index in [1.165, 1.54) is 16.7 Å². The van der Waals surface area contributed by atoms with Gasteiger partial charge in [-0.05, 0) is 49.6 Å². The zero-order chi connectivity index (χ0) is 17.1. The summed E-state index contributed by atoms with van der Waals surface area (Å²) in [4.78, 5) is 2.27. The standard InChI is InChI=1S/C20H25NO3/c1-14-4-5-15(2)18(8-14)12-21(10-16(3)22)11-17-6-7-19-20(9-17)24-13-23-19/h4-9,16,22H,10-13H2,1-3H3/t16-/m0/s1. The van der Waals surface area contributed by atoms with Crippen molar-refractivity contribution in [2.75, 3.05) is 13.3 Å². The molecule has 128 valence electrons. The molecule has 0 saturated carbocycles. The molecule has 1 aliphatic rings. The van der Waals surface area contributed by atoms with Gasteiger partial charge in [0.1, 0.15) is 0 Å². The van der Waals surface area contributed by atoms with Gasteiger partial charge < -0.3 is 14.6 Å². The first-order valence-corrected chi connectivity index (χ1v) is 8.36. The summed E-state index contributed by atoms with van der Waals surface area (Å²) in [6.45, 7) is 8.56. The van der Waals surface area contributed by atoms with E-state index >= 15 is 0 Å². The minimum atomic E-state index is -0.371. The van der Waals surface area contributed by atoms with Gasteiger partial charge in [-0.1, -0.05) is 29.8 Å². The van der Waals surface area contributed by atoms with Gasteiger partial charge in [0, 0.05) is 19.6 Å². The number of aliphatic hydroxyl groups excluding tert-OH is 1. The van der Waals surface area contributed by atoms with Gasteiger partial charge in [-0.2, -0.15) is 0 Å². The van der Waals surface area contributed by atoms with Crippen molar-refractivity contribution in [1.82, 2.24) is 4.90 Å². The molecule has 0 radical (unpaired) electrons. The fraction of sp³-hybridized carbons (Fsp3) is 0.400. The Balaban J connectivity index is 1.77. The second-order valence-electron chi connectivity index (χ2n) is 6.64. The maximum atomic E-state index is 9.87. The molecule has 1 N–H and O–H groups in total. The van der Waals surface area contributed by atoms with Gasteiger partial charge >= 0.3 is 0 Å². The summed E-state index contributed by atoms with van der Waals surface area (Å²) in [6.07, 6.45) is -0.371. The van der Waals surface area contributed by atoms with E-state index in [2.05, 4.69) is 43.0 Å². The number of aryl methyl sites for hydroxylation is 2. The number of fused-ring (bicyclic) bond motifs is 1. The van der Waals surface area contributed by atoms with E-state index in [9.17, 15) is 5.11 Å². The van der Waals surface area contributed by atoms with Crippen LogP contribution in [0.4, 0.5) is 0 Å². The predicted molar refractivity (Wildman–Crippen MR) is 94.3 cm³/mol. The van der Waals surface area contributed by atoms with Gasteiger partial charge in [0.25, 0.3) is 0 Å². The van der Waals surface area contributed by atoms with Crippen LogP contribution in [-0.4, -0.2) is 29.4 Å². The Morgan fingerprint density at radius 3 is 2.62 bits per heavy atom. The molecule has 0 amide bonds. The second-order valence-corrected chi connectivity index (χ2v) is 6.64. The van der Waals surface area contributed by atoms with Crippen molar-refractivity contribution in [1.29, 1.82) is 0 Å². The molecule has 0 aliphatic carbocycles. The van der Waals surface area contributed by atoms with Gasteiger partial charge in [-0.15, -0.1) is 0 Å². The molecular weight excluding hydrogens is 302 g/mol. The van der Waals surface area contributed by atoms with E-state index < -0.39 is 0 Å². The number of hydrogen-bond donors (Lipinski definition) is 1. The average Bonchev–Trinajstić information content (AvgIpc) is 2.98. The summed E-state index contributed by atoms with van der Waals surface area (Å²) in [5.41, 5.74) is 5.00. The molecule has 0 fully saturated rings. The Bertz CT molecular complexity index is 712. The number of nitrogens with zero attached hydrogens (tertiary/aromatic N) is 1. The first-order valence-electron chi connectivity index (χ1n) is 8.36. The van der Waals surface area contributed by atoms with Gasteiger partial charge in [-0.25, -0.2) is 0 Å². The SMILES string of the molecule is Cc1ccc(C)c(CN(Cc2ccc3c(c2)OCO3)C[C@H](C)O)c1. The van der Waals surface area contributed by atoms with E-state index in [1.807, 2.05) is 19.1 Å². The minimum absolute atomic E-state index is 0.290. The molecule has 24 heavy (non-hydrogen) atoms. The molecule has 4 nitrogen and oxygen atoms in total. The molecular formula is C20H25NO3. The highest BCUT2D eigenvalue weighted by Gasteiger charge is 2.16. The van der Waals surface area contributed by atoms with Crippen LogP contribution in [0.5, 0.6) is 11.5 Å². The lowest BCUT2D eigenvalue weighted by Gasteiger charge is -2.25. The summed E-state index contributed by atoms with van der Waals surface area (Å²) >= 11 is 0. The highest BCUT2D eigenvalue weighted by atomic mass is 16.7. The maximum absolute atomic E-state index is 9.87. The summed E-state index contributed by atoms with van der Waals surface area (Å²) in [5.74, 6) is 1.60. The fourth-order valence-corrected chi connectivity index (χ4v) is 3.07. The van der Waals surface area contributed by atoms with Crippen molar-refractivity contribution in [2.45, 2.75) is 40.0 Å². The molecule has 0 saturated heterocycles. The van der Waals surface area contributed by atoms with Crippen LogP contribution in [0.15, 0.2) is 36.4 Å². The van der Waals surface area contributed by atoms with Crippen LogP contribution in [0.3, 0.4) is 0 Å². The van der Waals surface area contributed by atoms with Gasteiger partial charge in [0.15, 0.2) is 11.5 Å². The van der Waals surface area contributed by atoms with Crippen molar-refractivity contribution >= 4 is 0 Å². The molecule has 1 atom stereocenters. The van der Waals surface area contributed by atoms with Crippen LogP contribution in [0.1, 0.15) is 29.2 Å². The van der Waals surface area contributed by atoms with E-state index in [-0.39, 0.29) is 6.10 Å². The normalized spacial score (nSPS) is 14.2. The lowest BCUT2D eigenvalue weighted by Crippen LogP contribution is -2.30. The third-order valence-electron chi connectivity index (χ3n) is 4.26. The summed E-state index contributed by atoms with van der Waals surface area (Å²) in [6, 6.07) is 12.6. The van der Waals surface area contributed by atoms with Gasteiger partial charge in [0.05, 0.1) is 6.10 Å². The van der Waals surface area contributed by atoms with Crippen molar-refractivity contribution in [3.05, 3.63) is 58.7 Å². The van der Waals surface area contributed by atoms with Crippen molar-refractivity contribution in [3.63, 3.8) is 0 Å². The van der Waals surface area contributed by atoms with Crippen LogP contribution in [0, 0.1) is 13.8 Å². The third-order valence-corrected chi connectivity index (χ3v) is 4.26. The number of rotatable bonds is 6. The monoisotopic (exact) mass is 327 g/mol. The summed E-state index contributed by atoms with van der Waals surface area (Å²) in [5, 5.41) is 9.87. The van der Waals surface area contributed by atoms with E-state index in [4.69, 9.17) is 9.47 Å². The Hall–Kier alpha value is -2.04. The van der Waals surface area contributed by atoms with Gasteiger partial charge in [-0.3, -0.25) is 4.90 Å². The van der Waals surface area contributed by atoms with E-state index in [0.717, 1.165) is 30.2 Å². The topological polar surface area (TPSA) is 41.9 Å². The molecule has 3 rings (SSSR count). The van der Waals surface area contributed by atoms with Crippen molar-refractivity contribution in [3.8, 4) is 11.5 Å². The van der Waals surface area contributed by atoms with Gasteiger partial charge in [0.2, 0.25) is 6.79 Å². The number of benzene rings is 2. The quantitative estimate of drug-likeness (QED) is 0.883. The van der Waals surface area contributed by atoms with Crippen LogP contribution < -0.4 is 9.47 Å². The molecule has 0 unspecified atom stereocenters. The minimum Gasteiger partial charge on any atom is -0.454 e. The van der Waals surface area contributed by atoms with E-state index in [1.54, 1.807) is 0 Å². The highest BCUT2D eigenvalue weighted by molar-refractivity contribution is 5.44. The molecule has 0 spiro atoms. The molecule has 4 heteroatoms. The molecule has 1 aliphatic heterocycles. The summed E-state index contributed by atoms with van der Waals surface area (Å²) < 4.78 is 10.8. The number of hydrogen-bond acceptors (Lipinski definition) is 4. The number of ether oxygens (including phenoxy) is 2. The largest absolute Gasteiger partial charge is 0.454 e. The molecule has 0 aromatic heterocycles. The second kappa shape index (κ2) is 7.24. The molecule has 1 heterocycles.